The Kier molecular flexibility index (Phi) is 6.74. The van der Waals surface area contributed by atoms with Gasteiger partial charge in [-0.25, -0.2) is 9.59 Å². The fourth-order valence-electron chi connectivity index (χ4n) is 2.45. The molecule has 7 nitrogen and oxygen atoms in total. The van der Waals surface area contributed by atoms with Crippen LogP contribution in [0.4, 0.5) is 5.00 Å². The lowest BCUT2D eigenvalue weighted by Gasteiger charge is -2.08. The van der Waals surface area contributed by atoms with Gasteiger partial charge in [0.1, 0.15) is 11.6 Å². The first-order valence-electron chi connectivity index (χ1n) is 7.91. The van der Waals surface area contributed by atoms with E-state index in [2.05, 4.69) is 5.32 Å². The summed E-state index contributed by atoms with van der Waals surface area (Å²) in [7, 11) is 0. The third-order valence-electron chi connectivity index (χ3n) is 3.44. The molecular formula is C16H21NO6S. The molecule has 0 saturated carbocycles. The van der Waals surface area contributed by atoms with E-state index in [9.17, 15) is 14.4 Å². The summed E-state index contributed by atoms with van der Waals surface area (Å²) in [5, 5.41) is 3.11. The van der Waals surface area contributed by atoms with Crippen LogP contribution in [0.1, 0.15) is 41.1 Å². The number of thiophene rings is 1. The number of aryl methyl sites for hydroxylation is 1. The summed E-state index contributed by atoms with van der Waals surface area (Å²) >= 11 is 1.38. The maximum atomic E-state index is 12.2. The topological polar surface area (TPSA) is 90.9 Å². The highest BCUT2D eigenvalue weighted by Gasteiger charge is 2.28. The summed E-state index contributed by atoms with van der Waals surface area (Å²) in [5.74, 6) is -1.53. The first-order chi connectivity index (χ1) is 11.6. The molecule has 0 aromatic carbocycles. The molecule has 1 amide bonds. The highest BCUT2D eigenvalue weighted by Crippen LogP contribution is 2.39. The summed E-state index contributed by atoms with van der Waals surface area (Å²) in [6, 6.07) is 0. The van der Waals surface area contributed by atoms with Gasteiger partial charge in [0.15, 0.2) is 6.61 Å². The monoisotopic (exact) mass is 355 g/mol. The van der Waals surface area contributed by atoms with E-state index in [1.807, 2.05) is 0 Å². The van der Waals surface area contributed by atoms with Crippen molar-refractivity contribution < 1.29 is 28.6 Å². The van der Waals surface area contributed by atoms with Gasteiger partial charge in [-0.3, -0.25) is 4.79 Å². The molecule has 132 valence electrons. The number of hydrogen-bond acceptors (Lipinski definition) is 7. The second kappa shape index (κ2) is 8.79. The van der Waals surface area contributed by atoms with Gasteiger partial charge in [-0.1, -0.05) is 0 Å². The Morgan fingerprint density at radius 2 is 1.88 bits per heavy atom. The molecule has 0 fully saturated rings. The lowest BCUT2D eigenvalue weighted by Crippen LogP contribution is -2.23. The van der Waals surface area contributed by atoms with Crippen LogP contribution in [0.25, 0.3) is 0 Å². The van der Waals surface area contributed by atoms with Gasteiger partial charge in [-0.2, -0.15) is 0 Å². The Labute approximate surface area is 144 Å². The van der Waals surface area contributed by atoms with Gasteiger partial charge in [0.2, 0.25) is 0 Å². The van der Waals surface area contributed by atoms with Crippen LogP contribution < -0.4 is 5.32 Å². The molecule has 2 rings (SSSR count). The summed E-state index contributed by atoms with van der Waals surface area (Å²) < 4.78 is 14.8. The van der Waals surface area contributed by atoms with Gasteiger partial charge >= 0.3 is 11.9 Å². The molecule has 0 unspecified atom stereocenters. The third-order valence-corrected chi connectivity index (χ3v) is 4.65. The number of nitrogens with one attached hydrogen (secondary N) is 1. The first kappa shape index (κ1) is 18.4. The van der Waals surface area contributed by atoms with Crippen LogP contribution in [0.5, 0.6) is 0 Å². The molecule has 1 N–H and O–H groups in total. The predicted molar refractivity (Wildman–Crippen MR) is 88.4 cm³/mol. The van der Waals surface area contributed by atoms with Gasteiger partial charge in [0, 0.05) is 11.5 Å². The van der Waals surface area contributed by atoms with Gasteiger partial charge < -0.3 is 19.5 Å². The number of fused-ring (bicyclic) bond motifs is 1. The molecule has 0 aliphatic heterocycles. The Morgan fingerprint density at radius 3 is 2.58 bits per heavy atom. The Hall–Kier alpha value is -1.93. The zero-order valence-corrected chi connectivity index (χ0v) is 14.6. The Bertz CT molecular complexity index is 624. The van der Waals surface area contributed by atoms with E-state index in [4.69, 9.17) is 14.2 Å². The number of carbonyl (C=O) groups is 3. The van der Waals surface area contributed by atoms with Crippen LogP contribution >= 0.6 is 11.3 Å². The number of esters is 2. The number of hydrogen-bond donors (Lipinski definition) is 1. The van der Waals surface area contributed by atoms with Gasteiger partial charge in [-0.15, -0.1) is 11.3 Å². The molecule has 0 bridgehead atoms. The van der Waals surface area contributed by atoms with Crippen LogP contribution in [0.2, 0.25) is 0 Å². The number of carbonyl (C=O) groups excluding carboxylic acids is 3. The molecular weight excluding hydrogens is 334 g/mol. The highest BCUT2D eigenvalue weighted by molar-refractivity contribution is 7.17. The molecule has 1 aliphatic rings. The molecule has 1 aromatic heterocycles. The van der Waals surface area contributed by atoms with Crippen molar-refractivity contribution in [2.45, 2.75) is 33.1 Å². The maximum absolute atomic E-state index is 12.2. The van der Waals surface area contributed by atoms with Crippen molar-refractivity contribution in [3.8, 4) is 0 Å². The molecule has 8 heteroatoms. The average Bonchev–Trinajstić information content (AvgIpc) is 3.11. The lowest BCUT2D eigenvalue weighted by atomic mass is 10.1. The minimum absolute atomic E-state index is 0.189. The largest absolute Gasteiger partial charge is 0.462 e. The predicted octanol–water partition coefficient (Wildman–Crippen LogP) is 1.93. The van der Waals surface area contributed by atoms with Crippen LogP contribution in [0.15, 0.2) is 0 Å². The molecule has 0 radical (unpaired) electrons. The van der Waals surface area contributed by atoms with E-state index >= 15 is 0 Å². The lowest BCUT2D eigenvalue weighted by molar-refractivity contribution is -0.151. The average molecular weight is 355 g/mol. The van der Waals surface area contributed by atoms with Crippen LogP contribution in [-0.2, 0) is 36.6 Å². The number of ether oxygens (including phenoxy) is 3. The van der Waals surface area contributed by atoms with E-state index in [0.29, 0.717) is 17.2 Å². The number of rotatable bonds is 8. The van der Waals surface area contributed by atoms with E-state index in [-0.39, 0.29) is 13.2 Å². The fourth-order valence-corrected chi connectivity index (χ4v) is 3.74. The maximum Gasteiger partial charge on any atom is 0.341 e. The van der Waals surface area contributed by atoms with Gasteiger partial charge in [0.25, 0.3) is 5.91 Å². The van der Waals surface area contributed by atoms with Crippen LogP contribution in [0.3, 0.4) is 0 Å². The van der Waals surface area contributed by atoms with Crippen molar-refractivity contribution in [2.24, 2.45) is 0 Å². The summed E-state index contributed by atoms with van der Waals surface area (Å²) in [5.41, 5.74) is 1.39. The van der Waals surface area contributed by atoms with Gasteiger partial charge in [-0.05, 0) is 38.7 Å². The number of amides is 1. The number of anilines is 1. The molecule has 1 aliphatic carbocycles. The standard InChI is InChI=1S/C16H21NO6S/c1-3-21-9-13(19)23-8-12(18)17-15-14(16(20)22-4-2)10-6-5-7-11(10)24-15/h3-9H2,1-2H3,(H,17,18). The zero-order chi connectivity index (χ0) is 17.5. The summed E-state index contributed by atoms with van der Waals surface area (Å²) in [6.45, 7) is 3.55. The fraction of sp³-hybridized carbons (Fsp3) is 0.562. The van der Waals surface area contributed by atoms with Crippen molar-refractivity contribution >= 4 is 34.2 Å². The summed E-state index contributed by atoms with van der Waals surface area (Å²) in [6.07, 6.45) is 2.70. The van der Waals surface area contributed by atoms with Crippen molar-refractivity contribution in [2.75, 3.05) is 31.7 Å². The molecule has 1 aromatic rings. The second-order valence-corrected chi connectivity index (χ2v) is 6.23. The third kappa shape index (κ3) is 4.55. The SMILES string of the molecule is CCOCC(=O)OCC(=O)Nc1sc2c(c1C(=O)OCC)CCC2. The molecule has 0 spiro atoms. The minimum atomic E-state index is -0.605. The molecule has 1 heterocycles. The molecule has 24 heavy (non-hydrogen) atoms. The normalized spacial score (nSPS) is 12.6. The molecule has 0 saturated heterocycles. The van der Waals surface area contributed by atoms with E-state index in [1.54, 1.807) is 13.8 Å². The van der Waals surface area contributed by atoms with E-state index < -0.39 is 24.5 Å². The first-order valence-corrected chi connectivity index (χ1v) is 8.73. The Morgan fingerprint density at radius 1 is 1.08 bits per heavy atom. The second-order valence-electron chi connectivity index (χ2n) is 5.13. The Balaban J connectivity index is 2.00. The van der Waals surface area contributed by atoms with Crippen molar-refractivity contribution in [3.05, 3.63) is 16.0 Å². The smallest absolute Gasteiger partial charge is 0.341 e. The molecule has 0 atom stereocenters. The zero-order valence-electron chi connectivity index (χ0n) is 13.8. The van der Waals surface area contributed by atoms with Crippen molar-refractivity contribution in [3.63, 3.8) is 0 Å². The summed E-state index contributed by atoms with van der Waals surface area (Å²) in [4.78, 5) is 36.6. The minimum Gasteiger partial charge on any atom is -0.462 e. The quantitative estimate of drug-likeness (QED) is 0.717. The van der Waals surface area contributed by atoms with Crippen LogP contribution in [-0.4, -0.2) is 44.3 Å². The van der Waals surface area contributed by atoms with Crippen molar-refractivity contribution in [1.29, 1.82) is 0 Å². The van der Waals surface area contributed by atoms with E-state index in [0.717, 1.165) is 29.7 Å². The highest BCUT2D eigenvalue weighted by atomic mass is 32.1. The van der Waals surface area contributed by atoms with Crippen molar-refractivity contribution in [1.82, 2.24) is 0 Å². The van der Waals surface area contributed by atoms with Gasteiger partial charge in [0.05, 0.1) is 12.2 Å². The van der Waals surface area contributed by atoms with Crippen LogP contribution in [0, 0.1) is 0 Å². The van der Waals surface area contributed by atoms with E-state index in [1.165, 1.54) is 11.3 Å².